The Morgan fingerprint density at radius 3 is 2.77 bits per heavy atom. The van der Waals surface area contributed by atoms with Crippen LogP contribution in [0.4, 0.5) is 4.39 Å². The molecule has 2 heterocycles. The molecule has 0 atom stereocenters. The molecule has 0 bridgehead atoms. The summed E-state index contributed by atoms with van der Waals surface area (Å²) in [4.78, 5) is 12.2. The van der Waals surface area contributed by atoms with Crippen LogP contribution in [0.2, 0.25) is 0 Å². The first-order valence-electron chi connectivity index (χ1n) is 8.66. The number of rotatable bonds is 8. The Morgan fingerprint density at radius 1 is 1.33 bits per heavy atom. The van der Waals surface area contributed by atoms with Crippen LogP contribution in [0.3, 0.4) is 0 Å². The molecule has 0 saturated heterocycles. The molecule has 1 fully saturated rings. The summed E-state index contributed by atoms with van der Waals surface area (Å²) in [5.41, 5.74) is 0.0823. The van der Waals surface area contributed by atoms with Crippen LogP contribution >= 0.6 is 27.7 Å². The van der Waals surface area contributed by atoms with Crippen LogP contribution in [0, 0.1) is 5.82 Å². The van der Waals surface area contributed by atoms with Gasteiger partial charge in [-0.15, -0.1) is 11.8 Å². The van der Waals surface area contributed by atoms with Crippen LogP contribution in [0.25, 0.3) is 17.2 Å². The second-order valence-electron chi connectivity index (χ2n) is 6.88. The maximum atomic E-state index is 13.6. The number of aromatic nitrogens is 4. The van der Waals surface area contributed by atoms with Crippen molar-refractivity contribution < 1.29 is 22.0 Å². The van der Waals surface area contributed by atoms with E-state index in [0.29, 0.717) is 22.9 Å². The monoisotopic (exact) mass is 519 g/mol. The van der Waals surface area contributed by atoms with E-state index in [4.69, 9.17) is 9.15 Å². The summed E-state index contributed by atoms with van der Waals surface area (Å²) in [7, 11) is -3.29. The first-order valence-corrected chi connectivity index (χ1v) is 12.3. The van der Waals surface area contributed by atoms with E-state index >= 15 is 0 Å². The molecule has 160 valence electrons. The highest BCUT2D eigenvalue weighted by atomic mass is 79.9. The van der Waals surface area contributed by atoms with Gasteiger partial charge < -0.3 is 0 Å². The lowest BCUT2D eigenvalue weighted by atomic mass is 10.2. The molecule has 3 aromatic rings. The van der Waals surface area contributed by atoms with Crippen molar-refractivity contribution in [1.29, 1.82) is 0 Å². The normalized spacial score (nSPS) is 15.4. The molecule has 0 radical (unpaired) electrons. The number of nitrogens with zero attached hydrogens (tertiary/aromatic N) is 4. The Morgan fingerprint density at radius 2 is 2.10 bits per heavy atom. The van der Waals surface area contributed by atoms with E-state index in [1.54, 1.807) is 0 Å². The maximum absolute atomic E-state index is 13.6. The zero-order valence-electron chi connectivity index (χ0n) is 15.5. The summed E-state index contributed by atoms with van der Waals surface area (Å²) in [5, 5.41) is 11.8. The van der Waals surface area contributed by atoms with Gasteiger partial charge in [0.1, 0.15) is 5.82 Å². The van der Waals surface area contributed by atoms with Crippen LogP contribution in [0.5, 0.6) is 0 Å². The first-order chi connectivity index (χ1) is 14.2. The van der Waals surface area contributed by atoms with Crippen molar-refractivity contribution in [3.8, 4) is 17.2 Å². The van der Waals surface area contributed by atoms with E-state index in [-0.39, 0.29) is 16.0 Å². The molecule has 1 saturated carbocycles. The number of halogens is 2. The van der Waals surface area contributed by atoms with E-state index in [0.717, 1.165) is 23.7 Å². The Hall–Kier alpha value is -2.03. The van der Waals surface area contributed by atoms with Gasteiger partial charge in [-0.2, -0.15) is 0 Å². The molecule has 0 aliphatic heterocycles. The summed E-state index contributed by atoms with van der Waals surface area (Å²) in [6, 6.07) is 4.00. The van der Waals surface area contributed by atoms with Gasteiger partial charge >= 0.3 is 5.76 Å². The molecule has 30 heavy (non-hydrogen) atoms. The third kappa shape index (κ3) is 4.50. The SMILES string of the molecule is CS(=O)(=O)NC1(CCSc2nonc2-c2noc(=O)n2-c2ccc(F)c(Br)c2)CC1. The zero-order chi connectivity index (χ0) is 21.5. The molecule has 2 aromatic heterocycles. The maximum Gasteiger partial charge on any atom is 0.446 e. The van der Waals surface area contributed by atoms with Crippen molar-refractivity contribution in [2.24, 2.45) is 0 Å². The fourth-order valence-corrected chi connectivity index (χ4v) is 5.45. The Balaban J connectivity index is 1.56. The van der Waals surface area contributed by atoms with Gasteiger partial charge in [-0.25, -0.2) is 31.5 Å². The Labute approximate surface area is 182 Å². The number of benzene rings is 1. The van der Waals surface area contributed by atoms with Crippen LogP contribution in [-0.2, 0) is 10.0 Å². The summed E-state index contributed by atoms with van der Waals surface area (Å²) in [6.45, 7) is 0. The average molecular weight is 520 g/mol. The Bertz CT molecular complexity index is 1250. The lowest BCUT2D eigenvalue weighted by molar-refractivity contribution is 0.299. The second-order valence-corrected chi connectivity index (χ2v) is 10.6. The molecule has 0 amide bonds. The number of nitrogens with one attached hydrogen (secondary N) is 1. The van der Waals surface area contributed by atoms with Crippen LogP contribution < -0.4 is 10.5 Å². The summed E-state index contributed by atoms with van der Waals surface area (Å²) in [5.74, 6) is -0.677. The van der Waals surface area contributed by atoms with E-state index in [1.165, 1.54) is 30.0 Å². The number of hydrogen-bond donors (Lipinski definition) is 1. The van der Waals surface area contributed by atoms with Gasteiger partial charge in [0.2, 0.25) is 15.8 Å². The summed E-state index contributed by atoms with van der Waals surface area (Å²) < 4.78 is 50.1. The lowest BCUT2D eigenvalue weighted by Crippen LogP contribution is -2.36. The molecule has 1 aromatic carbocycles. The molecule has 0 unspecified atom stereocenters. The van der Waals surface area contributed by atoms with Gasteiger partial charge in [0, 0.05) is 11.3 Å². The topological polar surface area (TPSA) is 133 Å². The van der Waals surface area contributed by atoms with Gasteiger partial charge in [-0.1, -0.05) is 5.16 Å². The van der Waals surface area contributed by atoms with Crippen molar-refractivity contribution >= 4 is 37.7 Å². The quantitative estimate of drug-likeness (QED) is 0.445. The molecule has 0 spiro atoms. The van der Waals surface area contributed by atoms with Gasteiger partial charge in [0.25, 0.3) is 0 Å². The average Bonchev–Trinajstić information content (AvgIpc) is 3.07. The van der Waals surface area contributed by atoms with Gasteiger partial charge in [-0.05, 0) is 63.7 Å². The largest absolute Gasteiger partial charge is 0.446 e. The first kappa shape index (κ1) is 21.2. The van der Waals surface area contributed by atoms with Gasteiger partial charge in [0.05, 0.1) is 16.4 Å². The highest BCUT2D eigenvalue weighted by Crippen LogP contribution is 2.41. The standard InChI is InChI=1S/C16H15BrFN5O5S2/c1-30(25,26)22-16(4-5-16)6-7-29-14-12(19-28-21-14)13-20-27-15(24)23(13)9-2-3-11(18)10(17)8-9/h2-3,8,22H,4-7H2,1H3. The predicted molar refractivity (Wildman–Crippen MR) is 108 cm³/mol. The molecular weight excluding hydrogens is 505 g/mol. The van der Waals surface area contributed by atoms with Gasteiger partial charge in [-0.3, -0.25) is 4.52 Å². The van der Waals surface area contributed by atoms with Crippen molar-refractivity contribution in [1.82, 2.24) is 24.8 Å². The molecule has 14 heteroatoms. The highest BCUT2D eigenvalue weighted by molar-refractivity contribution is 9.10. The predicted octanol–water partition coefficient (Wildman–Crippen LogP) is 2.34. The lowest BCUT2D eigenvalue weighted by Gasteiger charge is -2.14. The third-order valence-electron chi connectivity index (χ3n) is 4.51. The fraction of sp³-hybridized carbons (Fsp3) is 0.375. The molecule has 1 N–H and O–H groups in total. The Kier molecular flexibility index (Phi) is 5.59. The molecule has 1 aliphatic carbocycles. The van der Waals surface area contributed by atoms with Crippen LogP contribution in [0.15, 0.2) is 41.6 Å². The summed E-state index contributed by atoms with van der Waals surface area (Å²) >= 11 is 4.37. The van der Waals surface area contributed by atoms with Gasteiger partial charge in [0.15, 0.2) is 10.7 Å². The van der Waals surface area contributed by atoms with E-state index in [2.05, 4.69) is 36.1 Å². The minimum atomic E-state index is -3.29. The molecular formula is C16H15BrFN5O5S2. The zero-order valence-corrected chi connectivity index (χ0v) is 18.7. The van der Waals surface area contributed by atoms with Crippen LogP contribution in [-0.4, -0.2) is 46.0 Å². The summed E-state index contributed by atoms with van der Waals surface area (Å²) in [6.07, 6.45) is 3.27. The third-order valence-corrected chi connectivity index (χ3v) is 6.87. The van der Waals surface area contributed by atoms with E-state index in [1.807, 2.05) is 0 Å². The minimum Gasteiger partial charge on any atom is -0.295 e. The highest BCUT2D eigenvalue weighted by Gasteiger charge is 2.44. The minimum absolute atomic E-state index is 0.0534. The fourth-order valence-electron chi connectivity index (χ4n) is 2.95. The smallest absolute Gasteiger partial charge is 0.295 e. The van der Waals surface area contributed by atoms with E-state index < -0.39 is 27.1 Å². The number of sulfonamides is 1. The van der Waals surface area contributed by atoms with E-state index in [9.17, 15) is 17.6 Å². The number of thioether (sulfide) groups is 1. The van der Waals surface area contributed by atoms with Crippen molar-refractivity contribution in [2.75, 3.05) is 12.0 Å². The molecule has 4 rings (SSSR count). The van der Waals surface area contributed by atoms with Crippen molar-refractivity contribution in [3.63, 3.8) is 0 Å². The molecule has 10 nitrogen and oxygen atoms in total. The molecule has 1 aliphatic rings. The van der Waals surface area contributed by atoms with Crippen molar-refractivity contribution in [3.05, 3.63) is 39.0 Å². The number of hydrogen-bond acceptors (Lipinski definition) is 9. The second kappa shape index (κ2) is 7.90. The van der Waals surface area contributed by atoms with Crippen LogP contribution in [0.1, 0.15) is 19.3 Å². The van der Waals surface area contributed by atoms with Crippen molar-refractivity contribution in [2.45, 2.75) is 29.8 Å².